The number of aromatic nitrogens is 4. The van der Waals surface area contributed by atoms with Gasteiger partial charge in [-0.05, 0) is 69.3 Å². The van der Waals surface area contributed by atoms with E-state index in [4.69, 9.17) is 19.1 Å². The van der Waals surface area contributed by atoms with Crippen LogP contribution < -0.4 is 0 Å². The molecular weight excluding hydrogens is 741 g/mol. The summed E-state index contributed by atoms with van der Waals surface area (Å²) in [6, 6.07) is 68.9. The number of rotatable bonds is 8. The van der Waals surface area contributed by atoms with Gasteiger partial charge in [0, 0.05) is 38.7 Å². The number of hydrogen-bond acceptors (Lipinski definition) is 3. The maximum absolute atomic E-state index is 9.24. The summed E-state index contributed by atoms with van der Waals surface area (Å²) in [5, 5.41) is 1.24. The SMILES string of the molecule is [2H]c1c([2H])c([2H])c2c(c1[2H])c1cccc(-c3cccc(-c4ccc(-c5ccccc5)cc4)c3)c1n2-c1ccc(-c2cccc(-c3nc(-c4ccccc4)nc(-c4ccccc4)n3)c2)cc1. The monoisotopic (exact) mass is 782 g/mol. The van der Waals surface area contributed by atoms with Gasteiger partial charge in [-0.3, -0.25) is 0 Å². The summed E-state index contributed by atoms with van der Waals surface area (Å²) in [5.41, 5.74) is 12.9. The number of nitrogens with zero attached hydrogens (tertiary/aromatic N) is 4. The lowest BCUT2D eigenvalue weighted by Crippen LogP contribution is -2.00. The molecule has 0 aliphatic carbocycles. The van der Waals surface area contributed by atoms with Crippen molar-refractivity contribution in [2.75, 3.05) is 0 Å². The van der Waals surface area contributed by atoms with Crippen LogP contribution in [0, 0.1) is 0 Å². The van der Waals surface area contributed by atoms with Crippen LogP contribution >= 0.6 is 0 Å². The van der Waals surface area contributed by atoms with E-state index in [0.29, 0.717) is 28.4 Å². The largest absolute Gasteiger partial charge is 0.309 e. The van der Waals surface area contributed by atoms with E-state index < -0.39 is 0 Å². The van der Waals surface area contributed by atoms with Crippen molar-refractivity contribution >= 4 is 21.8 Å². The highest BCUT2D eigenvalue weighted by Gasteiger charge is 2.18. The molecule has 0 bridgehead atoms. The highest BCUT2D eigenvalue weighted by molar-refractivity contribution is 6.14. The zero-order chi connectivity index (χ0) is 44.0. The second-order valence-electron chi connectivity index (χ2n) is 15.0. The summed E-state index contributed by atoms with van der Waals surface area (Å²) in [5.74, 6) is 1.75. The summed E-state index contributed by atoms with van der Waals surface area (Å²) in [6.45, 7) is 0. The first-order valence-electron chi connectivity index (χ1n) is 22.3. The molecule has 4 nitrogen and oxygen atoms in total. The topological polar surface area (TPSA) is 43.6 Å². The molecule has 0 saturated heterocycles. The van der Waals surface area contributed by atoms with Crippen LogP contribution in [0.25, 0.3) is 106 Å². The first-order valence-corrected chi connectivity index (χ1v) is 20.3. The molecule has 11 rings (SSSR count). The van der Waals surface area contributed by atoms with Crippen molar-refractivity contribution in [2.24, 2.45) is 0 Å². The Bertz CT molecular complexity index is 3500. The molecule has 0 N–H and O–H groups in total. The fraction of sp³-hybridized carbons (Fsp3) is 0. The molecule has 0 amide bonds. The highest BCUT2D eigenvalue weighted by Crippen LogP contribution is 2.40. The summed E-state index contributed by atoms with van der Waals surface area (Å²) in [6.07, 6.45) is 0. The van der Waals surface area contributed by atoms with Gasteiger partial charge < -0.3 is 4.57 Å². The van der Waals surface area contributed by atoms with E-state index in [2.05, 4.69) is 91.0 Å². The van der Waals surface area contributed by atoms with Gasteiger partial charge in [-0.1, -0.05) is 200 Å². The molecule has 2 heterocycles. The van der Waals surface area contributed by atoms with Crippen LogP contribution in [0.5, 0.6) is 0 Å². The lowest BCUT2D eigenvalue weighted by Gasteiger charge is -2.14. The summed E-state index contributed by atoms with van der Waals surface area (Å²) >= 11 is 0. The van der Waals surface area contributed by atoms with Gasteiger partial charge in [-0.25, -0.2) is 15.0 Å². The molecular formula is C57H38N4. The standard InChI is InChI=1S/C57H38N4/c1-4-15-39(16-5-1)40-29-31-41(32-30-40)45-21-12-23-47(37-45)50-26-14-27-52-51-25-10-11-28-53(51)61(54(50)52)49-35-33-42(34-36-49)46-22-13-24-48(38-46)57-59-55(43-17-6-2-7-18-43)58-56(60-57)44-19-8-3-9-20-44/h1-38H/i10D,11D,25D,28D. The van der Waals surface area contributed by atoms with Crippen molar-refractivity contribution in [3.05, 3.63) is 230 Å². The summed E-state index contributed by atoms with van der Waals surface area (Å²) in [4.78, 5) is 14.8. The Morgan fingerprint density at radius 1 is 0.328 bits per heavy atom. The van der Waals surface area contributed by atoms with E-state index >= 15 is 0 Å². The average Bonchev–Trinajstić information content (AvgIpc) is 3.74. The smallest absolute Gasteiger partial charge is 0.164 e. The Hall–Kier alpha value is -8.21. The highest BCUT2D eigenvalue weighted by atomic mass is 15.0. The van der Waals surface area contributed by atoms with Crippen LogP contribution in [-0.4, -0.2) is 19.5 Å². The van der Waals surface area contributed by atoms with Gasteiger partial charge in [-0.2, -0.15) is 0 Å². The lowest BCUT2D eigenvalue weighted by molar-refractivity contribution is 1.07. The molecule has 0 radical (unpaired) electrons. The van der Waals surface area contributed by atoms with Crippen LogP contribution in [0.4, 0.5) is 0 Å². The van der Waals surface area contributed by atoms with E-state index in [0.717, 1.165) is 77.8 Å². The molecule has 4 heteroatoms. The zero-order valence-electron chi connectivity index (χ0n) is 36.9. The van der Waals surface area contributed by atoms with Gasteiger partial charge in [0.1, 0.15) is 0 Å². The van der Waals surface area contributed by atoms with Crippen LogP contribution in [-0.2, 0) is 0 Å². The summed E-state index contributed by atoms with van der Waals surface area (Å²) in [7, 11) is 0. The van der Waals surface area contributed by atoms with Crippen molar-refractivity contribution in [3.8, 4) is 84.4 Å². The minimum Gasteiger partial charge on any atom is -0.309 e. The molecule has 61 heavy (non-hydrogen) atoms. The maximum atomic E-state index is 9.24. The van der Waals surface area contributed by atoms with E-state index in [1.807, 2.05) is 120 Å². The maximum Gasteiger partial charge on any atom is 0.164 e. The third kappa shape index (κ3) is 6.86. The molecule has 2 aromatic heterocycles. The lowest BCUT2D eigenvalue weighted by atomic mass is 9.96. The average molecular weight is 783 g/mol. The van der Waals surface area contributed by atoms with Gasteiger partial charge in [-0.15, -0.1) is 0 Å². The number of hydrogen-bond donors (Lipinski definition) is 0. The van der Waals surface area contributed by atoms with Gasteiger partial charge in [0.15, 0.2) is 17.5 Å². The normalized spacial score (nSPS) is 12.2. The fourth-order valence-electron chi connectivity index (χ4n) is 8.19. The quantitative estimate of drug-likeness (QED) is 0.154. The molecule has 0 spiro atoms. The molecule has 9 aromatic carbocycles. The molecule has 0 atom stereocenters. The van der Waals surface area contributed by atoms with Crippen molar-refractivity contribution in [1.82, 2.24) is 19.5 Å². The van der Waals surface area contributed by atoms with E-state index in [1.165, 1.54) is 0 Å². The molecule has 0 saturated carbocycles. The van der Waals surface area contributed by atoms with Gasteiger partial charge in [0.05, 0.1) is 16.5 Å². The molecule has 286 valence electrons. The second kappa shape index (κ2) is 15.5. The van der Waals surface area contributed by atoms with Crippen molar-refractivity contribution in [3.63, 3.8) is 0 Å². The molecule has 0 unspecified atom stereocenters. The van der Waals surface area contributed by atoms with E-state index in [9.17, 15) is 1.37 Å². The Morgan fingerprint density at radius 3 is 1.36 bits per heavy atom. The van der Waals surface area contributed by atoms with Crippen LogP contribution in [0.2, 0.25) is 0 Å². The number of benzene rings is 9. The number of para-hydroxylation sites is 2. The number of fused-ring (bicyclic) bond motifs is 3. The van der Waals surface area contributed by atoms with Crippen molar-refractivity contribution in [1.29, 1.82) is 0 Å². The zero-order valence-corrected chi connectivity index (χ0v) is 32.9. The first kappa shape index (κ1) is 31.7. The Morgan fingerprint density at radius 2 is 0.754 bits per heavy atom. The second-order valence-corrected chi connectivity index (χ2v) is 15.0. The third-order valence-corrected chi connectivity index (χ3v) is 11.2. The molecule has 0 aliphatic rings. The molecule has 0 aliphatic heterocycles. The van der Waals surface area contributed by atoms with E-state index in [1.54, 1.807) is 0 Å². The van der Waals surface area contributed by atoms with Crippen molar-refractivity contribution in [2.45, 2.75) is 0 Å². The van der Waals surface area contributed by atoms with Crippen molar-refractivity contribution < 1.29 is 5.48 Å². The van der Waals surface area contributed by atoms with Gasteiger partial charge in [0.25, 0.3) is 0 Å². The Balaban J connectivity index is 1.02. The first-order chi connectivity index (χ1) is 31.9. The van der Waals surface area contributed by atoms with Gasteiger partial charge in [0.2, 0.25) is 0 Å². The Kier molecular flexibility index (Phi) is 8.07. The van der Waals surface area contributed by atoms with E-state index in [-0.39, 0.29) is 24.2 Å². The Labute approximate surface area is 360 Å². The predicted molar refractivity (Wildman–Crippen MR) is 252 cm³/mol. The van der Waals surface area contributed by atoms with Crippen LogP contribution in [0.1, 0.15) is 5.48 Å². The minimum absolute atomic E-state index is 0.0632. The molecule has 0 fully saturated rings. The van der Waals surface area contributed by atoms with Crippen LogP contribution in [0.3, 0.4) is 0 Å². The summed E-state index contributed by atoms with van der Waals surface area (Å²) < 4.78 is 37.8. The predicted octanol–water partition coefficient (Wildman–Crippen LogP) is 14.6. The third-order valence-electron chi connectivity index (χ3n) is 11.2. The van der Waals surface area contributed by atoms with Gasteiger partial charge >= 0.3 is 0 Å². The minimum atomic E-state index is -0.272. The fourth-order valence-corrected chi connectivity index (χ4v) is 8.19. The molecule has 11 aromatic rings. The van der Waals surface area contributed by atoms with Crippen LogP contribution in [0.15, 0.2) is 230 Å².